The van der Waals surface area contributed by atoms with Crippen LogP contribution in [0.2, 0.25) is 0 Å². The van der Waals surface area contributed by atoms with Gasteiger partial charge in [-0.25, -0.2) is 4.79 Å². The van der Waals surface area contributed by atoms with Crippen LogP contribution in [0.25, 0.3) is 0 Å². The van der Waals surface area contributed by atoms with Crippen LogP contribution in [0.15, 0.2) is 67.3 Å². The number of carbonyl (C=O) groups excluding carboxylic acids is 1. The molecule has 0 atom stereocenters. The summed E-state index contributed by atoms with van der Waals surface area (Å²) >= 11 is 0. The summed E-state index contributed by atoms with van der Waals surface area (Å²) in [5.74, 6) is -1.13. The minimum absolute atomic E-state index is 0.0166. The van der Waals surface area contributed by atoms with E-state index in [2.05, 4.69) is 16.6 Å². The highest BCUT2D eigenvalue weighted by molar-refractivity contribution is 5.96. The molecule has 0 heterocycles. The van der Waals surface area contributed by atoms with Crippen molar-refractivity contribution in [3.63, 3.8) is 0 Å². The van der Waals surface area contributed by atoms with Gasteiger partial charge in [0.1, 0.15) is 0 Å². The van der Waals surface area contributed by atoms with Gasteiger partial charge < -0.3 is 10.1 Å². The average molecular weight is 289 g/mol. The maximum absolute atomic E-state index is 13.1. The maximum atomic E-state index is 13.1. The predicted octanol–water partition coefficient (Wildman–Crippen LogP) is 4.37. The lowest BCUT2D eigenvalue weighted by Gasteiger charge is -2.15. The third-order valence-corrected chi connectivity index (χ3v) is 2.67. The van der Waals surface area contributed by atoms with Crippen LogP contribution in [-0.4, -0.2) is 12.1 Å². The molecule has 0 aliphatic heterocycles. The summed E-state index contributed by atoms with van der Waals surface area (Å²) in [5, 5.41) is 2.99. The Labute approximate surface area is 120 Å². The van der Waals surface area contributed by atoms with Crippen molar-refractivity contribution < 1.29 is 18.3 Å². The van der Waals surface area contributed by atoms with Crippen molar-refractivity contribution in [2.24, 2.45) is 0 Å². The van der Waals surface area contributed by atoms with Crippen molar-refractivity contribution in [3.05, 3.63) is 72.8 Å². The van der Waals surface area contributed by atoms with Gasteiger partial charge in [0.05, 0.1) is 11.3 Å². The summed E-state index contributed by atoms with van der Waals surface area (Å²) in [4.78, 5) is 11.8. The van der Waals surface area contributed by atoms with Gasteiger partial charge in [-0.05, 0) is 24.3 Å². The Bertz CT molecular complexity index is 642. The molecule has 0 spiro atoms. The first-order valence-electron chi connectivity index (χ1n) is 6.18. The third-order valence-electron chi connectivity index (χ3n) is 2.67. The van der Waals surface area contributed by atoms with Crippen molar-refractivity contribution in [3.8, 4) is 0 Å². The molecule has 0 aliphatic carbocycles. The molecule has 0 radical (unpaired) electrons. The van der Waals surface area contributed by atoms with Gasteiger partial charge in [0.2, 0.25) is 0 Å². The topological polar surface area (TPSA) is 38.3 Å². The molecule has 2 aromatic rings. The van der Waals surface area contributed by atoms with Crippen LogP contribution in [0.1, 0.15) is 10.4 Å². The van der Waals surface area contributed by atoms with E-state index in [9.17, 15) is 13.6 Å². The zero-order chi connectivity index (χ0) is 15.3. The van der Waals surface area contributed by atoms with E-state index in [0.717, 1.165) is 5.69 Å². The lowest BCUT2D eigenvalue weighted by Crippen LogP contribution is -2.22. The van der Waals surface area contributed by atoms with Crippen LogP contribution >= 0.6 is 0 Å². The van der Waals surface area contributed by atoms with Crippen molar-refractivity contribution in [2.45, 2.75) is 6.11 Å². The van der Waals surface area contributed by atoms with Crippen LogP contribution in [-0.2, 0) is 4.74 Å². The molecule has 0 aliphatic rings. The van der Waals surface area contributed by atoms with E-state index in [1.54, 1.807) is 30.3 Å². The van der Waals surface area contributed by atoms with Crippen LogP contribution < -0.4 is 5.32 Å². The Hall–Kier alpha value is -2.69. The van der Waals surface area contributed by atoms with Gasteiger partial charge >= 0.3 is 12.1 Å². The van der Waals surface area contributed by atoms with Gasteiger partial charge in [-0.15, -0.1) is 0 Å². The molecule has 0 aromatic heterocycles. The van der Waals surface area contributed by atoms with Crippen molar-refractivity contribution in [1.82, 2.24) is 0 Å². The van der Waals surface area contributed by atoms with Gasteiger partial charge in [-0.1, -0.05) is 36.9 Å². The summed E-state index contributed by atoms with van der Waals surface area (Å²) in [5.41, 5.74) is 1.13. The van der Waals surface area contributed by atoms with E-state index < -0.39 is 12.1 Å². The van der Waals surface area contributed by atoms with Crippen LogP contribution in [0.3, 0.4) is 0 Å². The monoisotopic (exact) mass is 289 g/mol. The highest BCUT2D eigenvalue weighted by atomic mass is 19.3. The lowest BCUT2D eigenvalue weighted by atomic mass is 10.1. The number of anilines is 2. The normalized spacial score (nSPS) is 10.8. The summed E-state index contributed by atoms with van der Waals surface area (Å²) in [7, 11) is 0. The molecular formula is C16H13F2NO2. The Morgan fingerprint density at radius 2 is 1.71 bits per heavy atom. The molecule has 0 bridgehead atoms. The number of carbonyl (C=O) groups is 1. The minimum atomic E-state index is -3.70. The van der Waals surface area contributed by atoms with Gasteiger partial charge in [0.15, 0.2) is 0 Å². The number of para-hydroxylation sites is 2. The summed E-state index contributed by atoms with van der Waals surface area (Å²) in [6.45, 7) is 2.93. The molecule has 0 amide bonds. The quantitative estimate of drug-likeness (QED) is 0.656. The SMILES string of the molecule is C=CC(F)(F)OC(=O)c1ccccc1Nc1ccccc1. The first-order chi connectivity index (χ1) is 10.0. The molecule has 0 unspecified atom stereocenters. The van der Waals surface area contributed by atoms with Gasteiger partial charge in [-0.3, -0.25) is 0 Å². The minimum Gasteiger partial charge on any atom is -0.394 e. The summed E-state index contributed by atoms with van der Waals surface area (Å²) in [6.07, 6.45) is -3.42. The van der Waals surface area contributed by atoms with E-state index in [1.807, 2.05) is 18.2 Å². The molecule has 108 valence electrons. The van der Waals surface area contributed by atoms with Crippen LogP contribution in [0, 0.1) is 0 Å². The van der Waals surface area contributed by atoms with Crippen molar-refractivity contribution in [2.75, 3.05) is 5.32 Å². The van der Waals surface area contributed by atoms with Crippen LogP contribution in [0.4, 0.5) is 20.2 Å². The van der Waals surface area contributed by atoms with E-state index in [4.69, 9.17) is 0 Å². The molecule has 3 nitrogen and oxygen atoms in total. The molecule has 0 saturated carbocycles. The molecule has 1 N–H and O–H groups in total. The number of alkyl halides is 2. The Balaban J connectivity index is 2.25. The van der Waals surface area contributed by atoms with Crippen molar-refractivity contribution in [1.29, 1.82) is 0 Å². The second-order valence-electron chi connectivity index (χ2n) is 4.19. The third kappa shape index (κ3) is 3.89. The number of hydrogen-bond donors (Lipinski definition) is 1. The highest BCUT2D eigenvalue weighted by Crippen LogP contribution is 2.24. The number of ether oxygens (including phenoxy) is 1. The number of esters is 1. The molecule has 5 heteroatoms. The average Bonchev–Trinajstić information content (AvgIpc) is 2.48. The Morgan fingerprint density at radius 1 is 1.10 bits per heavy atom. The maximum Gasteiger partial charge on any atom is 0.421 e. The predicted molar refractivity (Wildman–Crippen MR) is 76.7 cm³/mol. The number of halogens is 2. The van der Waals surface area contributed by atoms with Gasteiger partial charge in [-0.2, -0.15) is 8.78 Å². The standard InChI is InChI=1S/C16H13F2NO2/c1-2-16(17,18)21-15(20)13-10-6-7-11-14(13)19-12-8-4-3-5-9-12/h2-11,19H,1H2. The fraction of sp³-hybridized carbons (Fsp3) is 0.0625. The second-order valence-corrected chi connectivity index (χ2v) is 4.19. The van der Waals surface area contributed by atoms with E-state index in [0.29, 0.717) is 5.69 Å². The fourth-order valence-corrected chi connectivity index (χ4v) is 1.67. The smallest absolute Gasteiger partial charge is 0.394 e. The van der Waals surface area contributed by atoms with E-state index >= 15 is 0 Å². The Kier molecular flexibility index (Phi) is 4.33. The summed E-state index contributed by atoms with van der Waals surface area (Å²) < 4.78 is 30.3. The molecule has 2 rings (SSSR count). The fourth-order valence-electron chi connectivity index (χ4n) is 1.67. The zero-order valence-electron chi connectivity index (χ0n) is 11.1. The van der Waals surface area contributed by atoms with Gasteiger partial charge in [0.25, 0.3) is 0 Å². The van der Waals surface area contributed by atoms with Gasteiger partial charge in [0, 0.05) is 11.8 Å². The molecule has 0 fully saturated rings. The molecule has 0 saturated heterocycles. The summed E-state index contributed by atoms with van der Waals surface area (Å²) in [6, 6.07) is 15.3. The van der Waals surface area contributed by atoms with Crippen LogP contribution in [0.5, 0.6) is 0 Å². The number of benzene rings is 2. The first kappa shape index (κ1) is 14.7. The molecule has 21 heavy (non-hydrogen) atoms. The molecule has 2 aromatic carbocycles. The van der Waals surface area contributed by atoms with E-state index in [1.165, 1.54) is 6.07 Å². The second kappa shape index (κ2) is 6.17. The number of hydrogen-bond acceptors (Lipinski definition) is 3. The first-order valence-corrected chi connectivity index (χ1v) is 6.18. The lowest BCUT2D eigenvalue weighted by molar-refractivity contribution is -0.160. The number of nitrogens with one attached hydrogen (secondary N) is 1. The number of rotatable bonds is 5. The Morgan fingerprint density at radius 3 is 2.38 bits per heavy atom. The zero-order valence-corrected chi connectivity index (χ0v) is 11.1. The highest BCUT2D eigenvalue weighted by Gasteiger charge is 2.30. The van der Waals surface area contributed by atoms with Crippen molar-refractivity contribution >= 4 is 17.3 Å². The van der Waals surface area contributed by atoms with E-state index in [-0.39, 0.29) is 11.6 Å². The largest absolute Gasteiger partial charge is 0.421 e. The molecular weight excluding hydrogens is 276 g/mol.